The summed E-state index contributed by atoms with van der Waals surface area (Å²) < 4.78 is 7.79. The number of ether oxygens (including phenoxy) is 1. The van der Waals surface area contributed by atoms with Crippen LogP contribution in [-0.2, 0) is 18.2 Å². The molecule has 0 radical (unpaired) electrons. The quantitative estimate of drug-likeness (QED) is 0.931. The normalized spacial score (nSPS) is 20.9. The minimum Gasteiger partial charge on any atom is -0.371 e. The van der Waals surface area contributed by atoms with Crippen LogP contribution in [0.1, 0.15) is 51.8 Å². The molecule has 0 saturated carbocycles. The van der Waals surface area contributed by atoms with E-state index >= 15 is 0 Å². The van der Waals surface area contributed by atoms with Crippen LogP contribution in [0.15, 0.2) is 5.51 Å². The van der Waals surface area contributed by atoms with Gasteiger partial charge in [-0.25, -0.2) is 4.98 Å². The average Bonchev–Trinajstić information content (AvgIpc) is 3.20. The zero-order valence-electron chi connectivity index (χ0n) is 13.9. The van der Waals surface area contributed by atoms with E-state index in [4.69, 9.17) is 4.74 Å². The Morgan fingerprint density at radius 2 is 2.30 bits per heavy atom. The lowest BCUT2D eigenvalue weighted by atomic mass is 10.00. The van der Waals surface area contributed by atoms with Crippen molar-refractivity contribution in [3.8, 4) is 0 Å². The molecule has 1 N–H and O–H groups in total. The number of hydrogen-bond donors (Lipinski definition) is 1. The first-order valence-corrected chi connectivity index (χ1v) is 8.75. The third kappa shape index (κ3) is 2.90. The van der Waals surface area contributed by atoms with Crippen LogP contribution in [0, 0.1) is 13.8 Å². The van der Waals surface area contributed by atoms with Crippen LogP contribution < -0.4 is 5.32 Å². The lowest BCUT2D eigenvalue weighted by molar-refractivity contribution is 0.0819. The van der Waals surface area contributed by atoms with Crippen molar-refractivity contribution in [2.45, 2.75) is 45.8 Å². The van der Waals surface area contributed by atoms with E-state index in [2.05, 4.69) is 15.4 Å². The Hall–Kier alpha value is -1.73. The summed E-state index contributed by atoms with van der Waals surface area (Å²) in [6, 6.07) is -0.0316. The van der Waals surface area contributed by atoms with Crippen molar-refractivity contribution >= 4 is 17.2 Å². The highest BCUT2D eigenvalue weighted by atomic mass is 32.1. The minimum absolute atomic E-state index is 0.0316. The van der Waals surface area contributed by atoms with Crippen LogP contribution in [0.4, 0.5) is 0 Å². The number of amides is 1. The molecule has 2 atom stereocenters. The Bertz CT molecular complexity index is 722. The maximum atomic E-state index is 12.6. The number of hydrogen-bond acceptors (Lipinski definition) is 5. The SMILES string of the molecule is CCc1ncsc1C(=O)N[C@H]1CCO[C@@H]1c1c(C)nn(C)c1C. The number of carbonyl (C=O) groups is 1. The van der Waals surface area contributed by atoms with Gasteiger partial charge in [-0.3, -0.25) is 9.48 Å². The van der Waals surface area contributed by atoms with Crippen molar-refractivity contribution in [2.24, 2.45) is 7.05 Å². The van der Waals surface area contributed by atoms with Crippen molar-refractivity contribution < 1.29 is 9.53 Å². The van der Waals surface area contributed by atoms with Crippen molar-refractivity contribution in [3.05, 3.63) is 33.0 Å². The molecule has 124 valence electrons. The van der Waals surface area contributed by atoms with Gasteiger partial charge >= 0.3 is 0 Å². The fraction of sp³-hybridized carbons (Fsp3) is 0.562. The summed E-state index contributed by atoms with van der Waals surface area (Å²) in [6.45, 7) is 6.68. The first-order chi connectivity index (χ1) is 11.0. The Morgan fingerprint density at radius 3 is 2.96 bits per heavy atom. The van der Waals surface area contributed by atoms with E-state index in [-0.39, 0.29) is 18.1 Å². The summed E-state index contributed by atoms with van der Waals surface area (Å²) >= 11 is 1.39. The number of nitrogens with one attached hydrogen (secondary N) is 1. The predicted octanol–water partition coefficient (Wildman–Crippen LogP) is 2.32. The van der Waals surface area contributed by atoms with Gasteiger partial charge in [0, 0.05) is 24.9 Å². The summed E-state index contributed by atoms with van der Waals surface area (Å²) in [6.07, 6.45) is 1.44. The second kappa shape index (κ2) is 6.41. The van der Waals surface area contributed by atoms with Gasteiger partial charge in [-0.05, 0) is 26.7 Å². The molecule has 2 aromatic heterocycles. The number of thiazole rings is 1. The monoisotopic (exact) mass is 334 g/mol. The number of rotatable bonds is 4. The standard InChI is InChI=1S/C16H22N4O2S/c1-5-11-15(23-8-17-11)16(21)18-12-6-7-22-14(12)13-9(2)19-20(4)10(13)3/h8,12,14H,5-7H2,1-4H3,(H,18,21)/t12-,14-/m0/s1. The summed E-state index contributed by atoms with van der Waals surface area (Å²) in [5.74, 6) is -0.0518. The summed E-state index contributed by atoms with van der Waals surface area (Å²) in [5, 5.41) is 7.60. The molecule has 3 rings (SSSR count). The molecule has 1 amide bonds. The zero-order chi connectivity index (χ0) is 16.6. The molecule has 2 aromatic rings. The molecule has 3 heterocycles. The highest BCUT2D eigenvalue weighted by Crippen LogP contribution is 2.33. The summed E-state index contributed by atoms with van der Waals surface area (Å²) in [5.41, 5.74) is 5.72. The molecule has 0 aliphatic carbocycles. The van der Waals surface area contributed by atoms with Crippen LogP contribution in [0.2, 0.25) is 0 Å². The molecule has 1 aliphatic heterocycles. The number of aromatic nitrogens is 3. The van der Waals surface area contributed by atoms with E-state index in [0.29, 0.717) is 11.5 Å². The van der Waals surface area contributed by atoms with Crippen LogP contribution in [-0.4, -0.2) is 33.3 Å². The molecule has 0 unspecified atom stereocenters. The number of nitrogens with zero attached hydrogens (tertiary/aromatic N) is 3. The van der Waals surface area contributed by atoms with Crippen molar-refractivity contribution in [2.75, 3.05) is 6.61 Å². The van der Waals surface area contributed by atoms with E-state index < -0.39 is 0 Å². The Balaban J connectivity index is 1.81. The van der Waals surface area contributed by atoms with E-state index in [1.54, 1.807) is 5.51 Å². The molecule has 0 aromatic carbocycles. The summed E-state index contributed by atoms with van der Waals surface area (Å²) in [7, 11) is 1.93. The van der Waals surface area contributed by atoms with Gasteiger partial charge in [0.25, 0.3) is 5.91 Å². The Labute approximate surface area is 139 Å². The van der Waals surface area contributed by atoms with Gasteiger partial charge in [0.15, 0.2) is 0 Å². The molecular weight excluding hydrogens is 312 g/mol. The van der Waals surface area contributed by atoms with Crippen LogP contribution in [0.3, 0.4) is 0 Å². The van der Waals surface area contributed by atoms with Crippen LogP contribution >= 0.6 is 11.3 Å². The molecule has 0 spiro atoms. The Morgan fingerprint density at radius 1 is 1.52 bits per heavy atom. The lowest BCUT2D eigenvalue weighted by Crippen LogP contribution is -2.37. The first-order valence-electron chi connectivity index (χ1n) is 7.87. The molecule has 1 aliphatic rings. The van der Waals surface area contributed by atoms with Gasteiger partial charge < -0.3 is 10.1 Å². The topological polar surface area (TPSA) is 69.0 Å². The van der Waals surface area contributed by atoms with Gasteiger partial charge in [-0.1, -0.05) is 6.92 Å². The molecule has 6 nitrogen and oxygen atoms in total. The van der Waals surface area contributed by atoms with Crippen LogP contribution in [0.5, 0.6) is 0 Å². The van der Waals surface area contributed by atoms with Gasteiger partial charge in [0.2, 0.25) is 0 Å². The van der Waals surface area contributed by atoms with Crippen molar-refractivity contribution in [3.63, 3.8) is 0 Å². The predicted molar refractivity (Wildman–Crippen MR) is 88.7 cm³/mol. The molecular formula is C16H22N4O2S. The van der Waals surface area contributed by atoms with Crippen LogP contribution in [0.25, 0.3) is 0 Å². The molecule has 7 heteroatoms. The molecule has 0 bridgehead atoms. The first kappa shape index (κ1) is 16.1. The second-order valence-electron chi connectivity index (χ2n) is 5.85. The zero-order valence-corrected chi connectivity index (χ0v) is 14.7. The highest BCUT2D eigenvalue weighted by Gasteiger charge is 2.35. The number of carbonyl (C=O) groups excluding carboxylic acids is 1. The largest absolute Gasteiger partial charge is 0.371 e. The lowest BCUT2D eigenvalue weighted by Gasteiger charge is -2.20. The minimum atomic E-state index is -0.134. The second-order valence-corrected chi connectivity index (χ2v) is 6.70. The average molecular weight is 334 g/mol. The Kier molecular flexibility index (Phi) is 4.50. The van der Waals surface area contributed by atoms with Gasteiger partial charge in [0.1, 0.15) is 11.0 Å². The molecule has 1 fully saturated rings. The van der Waals surface area contributed by atoms with Gasteiger partial charge in [0.05, 0.1) is 22.9 Å². The van der Waals surface area contributed by atoms with Gasteiger partial charge in [-0.2, -0.15) is 5.10 Å². The van der Waals surface area contributed by atoms with Gasteiger partial charge in [-0.15, -0.1) is 11.3 Å². The number of aryl methyl sites for hydroxylation is 3. The van der Waals surface area contributed by atoms with E-state index in [9.17, 15) is 4.79 Å². The van der Waals surface area contributed by atoms with E-state index in [1.807, 2.05) is 32.5 Å². The maximum Gasteiger partial charge on any atom is 0.263 e. The summed E-state index contributed by atoms with van der Waals surface area (Å²) in [4.78, 5) is 17.5. The fourth-order valence-electron chi connectivity index (χ4n) is 3.16. The third-order valence-electron chi connectivity index (χ3n) is 4.44. The van der Waals surface area contributed by atoms with E-state index in [1.165, 1.54) is 11.3 Å². The highest BCUT2D eigenvalue weighted by molar-refractivity contribution is 7.11. The molecule has 23 heavy (non-hydrogen) atoms. The smallest absolute Gasteiger partial charge is 0.263 e. The maximum absolute atomic E-state index is 12.6. The van der Waals surface area contributed by atoms with Crippen molar-refractivity contribution in [1.29, 1.82) is 0 Å². The molecule has 1 saturated heterocycles. The van der Waals surface area contributed by atoms with Crippen molar-refractivity contribution in [1.82, 2.24) is 20.1 Å². The third-order valence-corrected chi connectivity index (χ3v) is 5.31. The van der Waals surface area contributed by atoms with E-state index in [0.717, 1.165) is 35.5 Å². The fourth-order valence-corrected chi connectivity index (χ4v) is 3.95.